The van der Waals surface area contributed by atoms with Crippen molar-refractivity contribution >= 4 is 23.8 Å². The van der Waals surface area contributed by atoms with E-state index in [0.29, 0.717) is 17.6 Å². The molecule has 0 spiro atoms. The van der Waals surface area contributed by atoms with Crippen LogP contribution in [-0.2, 0) is 23.9 Å². The van der Waals surface area contributed by atoms with Crippen LogP contribution < -0.4 is 0 Å². The van der Waals surface area contributed by atoms with Crippen LogP contribution >= 0.6 is 0 Å². The molecule has 0 bridgehead atoms. The van der Waals surface area contributed by atoms with Crippen LogP contribution in [-0.4, -0.2) is 62.6 Å². The lowest BCUT2D eigenvalue weighted by molar-refractivity contribution is -0.227. The Hall–Kier alpha value is -3.07. The summed E-state index contributed by atoms with van der Waals surface area (Å²) in [6.45, 7) is 8.63. The van der Waals surface area contributed by atoms with Gasteiger partial charge in [0.2, 0.25) is 0 Å². The quantitative estimate of drug-likeness (QED) is 0.261. The molecule has 1 aromatic rings. The Morgan fingerprint density at radius 1 is 1.12 bits per heavy atom. The van der Waals surface area contributed by atoms with E-state index in [2.05, 4.69) is 0 Å². The molecule has 0 heterocycles. The highest BCUT2D eigenvalue weighted by Crippen LogP contribution is 2.77. The van der Waals surface area contributed by atoms with Crippen LogP contribution in [0.15, 0.2) is 59.7 Å². The average molecular weight is 565 g/mol. The van der Waals surface area contributed by atoms with Gasteiger partial charge in [-0.3, -0.25) is 9.59 Å². The van der Waals surface area contributed by atoms with Crippen LogP contribution in [0.5, 0.6) is 0 Å². The second kappa shape index (κ2) is 10.0. The first-order valence-corrected chi connectivity index (χ1v) is 14.4. The number of hydrogen-bond donors (Lipinski definition) is 3. The van der Waals surface area contributed by atoms with Crippen LogP contribution in [0.1, 0.15) is 59.4 Å². The number of benzene rings is 1. The molecule has 2 saturated carbocycles. The van der Waals surface area contributed by atoms with Gasteiger partial charge in [-0.1, -0.05) is 70.2 Å². The van der Waals surface area contributed by atoms with Gasteiger partial charge in [0.1, 0.15) is 11.7 Å². The lowest BCUT2D eigenvalue weighted by Crippen LogP contribution is -2.66. The highest BCUT2D eigenvalue weighted by Gasteiger charge is 2.87. The predicted molar refractivity (Wildman–Crippen MR) is 151 cm³/mol. The summed E-state index contributed by atoms with van der Waals surface area (Å²) in [5.41, 5.74) is -4.16. The molecule has 220 valence electrons. The second-order valence-electron chi connectivity index (χ2n) is 12.8. The summed E-state index contributed by atoms with van der Waals surface area (Å²) in [4.78, 5) is 39.6. The van der Waals surface area contributed by atoms with E-state index in [1.54, 1.807) is 32.1 Å². The van der Waals surface area contributed by atoms with Crippen molar-refractivity contribution < 1.29 is 39.2 Å². The van der Waals surface area contributed by atoms with Crippen molar-refractivity contribution in [3.8, 4) is 0 Å². The maximum Gasteiger partial charge on any atom is 0.331 e. The minimum Gasteiger partial charge on any atom is -0.455 e. The summed E-state index contributed by atoms with van der Waals surface area (Å²) < 4.78 is 12.4. The zero-order chi connectivity index (χ0) is 30.0. The minimum absolute atomic E-state index is 0.133. The van der Waals surface area contributed by atoms with E-state index >= 15 is 0 Å². The number of ketones is 1. The molecule has 8 heteroatoms. The standard InChI is InChI=1S/C33H40O8/c1-6-10-26(36)41-33-27(30(33,4)5)23-16-22(18-34)17-31(38)24(15-19(2)28(31)37)32(23,39)20(3)29(33)40-25(35)14-13-21-11-8-7-9-12-21/h7-9,11-16,20,23-24,27,29,34,38-39H,6,10,17-18H2,1-5H3/b14-13+/t20-,23+,24-,27-,29-,31-,32-,33-/m1/s1. The SMILES string of the molecule is CCCC(=O)O[C@@]12[C@H](OC(=O)/C=C/c3ccccc3)[C@@H](C)[C@@]3(O)[C@@H](C=C(CO)C[C@]4(O)C(=O)C(C)=C[C@@H]34)[C@@H]1C2(C)C. The summed E-state index contributed by atoms with van der Waals surface area (Å²) >= 11 is 0. The molecule has 1 aromatic carbocycles. The summed E-state index contributed by atoms with van der Waals surface area (Å²) in [5, 5.41) is 34.8. The molecule has 0 radical (unpaired) electrons. The first kappa shape index (κ1) is 29.4. The van der Waals surface area contributed by atoms with Gasteiger partial charge in [0.15, 0.2) is 11.4 Å². The molecule has 0 aromatic heterocycles. The van der Waals surface area contributed by atoms with Gasteiger partial charge in [-0.2, -0.15) is 0 Å². The minimum atomic E-state index is -1.96. The van der Waals surface area contributed by atoms with Crippen molar-refractivity contribution in [2.45, 2.75) is 76.8 Å². The smallest absolute Gasteiger partial charge is 0.331 e. The first-order valence-electron chi connectivity index (χ1n) is 14.4. The third-order valence-corrected chi connectivity index (χ3v) is 10.1. The van der Waals surface area contributed by atoms with Gasteiger partial charge in [0.25, 0.3) is 0 Å². The Bertz CT molecular complexity index is 1340. The molecule has 3 N–H and O–H groups in total. The van der Waals surface area contributed by atoms with E-state index in [0.717, 1.165) is 5.56 Å². The van der Waals surface area contributed by atoms with Crippen LogP contribution in [0, 0.1) is 29.1 Å². The highest BCUT2D eigenvalue weighted by molar-refractivity contribution is 6.04. The fourth-order valence-corrected chi connectivity index (χ4v) is 8.16. The normalized spacial score (nSPS) is 38.6. The summed E-state index contributed by atoms with van der Waals surface area (Å²) in [5.74, 6) is -4.69. The Kier molecular flexibility index (Phi) is 7.20. The van der Waals surface area contributed by atoms with Gasteiger partial charge in [-0.15, -0.1) is 0 Å². The van der Waals surface area contributed by atoms with Crippen molar-refractivity contribution in [2.24, 2.45) is 29.1 Å². The van der Waals surface area contributed by atoms with Gasteiger partial charge in [0, 0.05) is 48.0 Å². The third-order valence-electron chi connectivity index (χ3n) is 10.1. The molecule has 41 heavy (non-hydrogen) atoms. The zero-order valence-corrected chi connectivity index (χ0v) is 24.3. The maximum absolute atomic E-state index is 13.3. The largest absolute Gasteiger partial charge is 0.455 e. The van der Waals surface area contributed by atoms with Crippen LogP contribution in [0.4, 0.5) is 0 Å². The van der Waals surface area contributed by atoms with Crippen LogP contribution in [0.25, 0.3) is 6.08 Å². The lowest BCUT2D eigenvalue weighted by atomic mass is 9.59. The lowest BCUT2D eigenvalue weighted by Gasteiger charge is -2.53. The number of fused-ring (bicyclic) bond motifs is 5. The van der Waals surface area contributed by atoms with E-state index in [9.17, 15) is 29.7 Å². The molecular weight excluding hydrogens is 524 g/mol. The fourth-order valence-electron chi connectivity index (χ4n) is 8.16. The molecule has 8 nitrogen and oxygen atoms in total. The van der Waals surface area contributed by atoms with E-state index in [1.807, 2.05) is 51.1 Å². The summed E-state index contributed by atoms with van der Waals surface area (Å²) in [7, 11) is 0. The number of Topliss-reactive ketones (excluding diaryl/α,β-unsaturated/α-hetero) is 1. The topological polar surface area (TPSA) is 130 Å². The molecule has 0 aliphatic heterocycles. The third kappa shape index (κ3) is 4.17. The van der Waals surface area contributed by atoms with Gasteiger partial charge in [-0.05, 0) is 36.1 Å². The number of esters is 2. The fraction of sp³-hybridized carbons (Fsp3) is 0.545. The molecule has 2 fully saturated rings. The summed E-state index contributed by atoms with van der Waals surface area (Å²) in [6, 6.07) is 9.26. The van der Waals surface area contributed by atoms with E-state index < -0.39 is 76.3 Å². The average Bonchev–Trinajstić information content (AvgIpc) is 3.36. The Balaban J connectivity index is 1.63. The number of hydrogen-bond acceptors (Lipinski definition) is 8. The van der Waals surface area contributed by atoms with Crippen LogP contribution in [0.3, 0.4) is 0 Å². The number of aliphatic hydroxyl groups is 3. The summed E-state index contributed by atoms with van der Waals surface area (Å²) in [6.07, 6.45) is 5.84. The number of aliphatic hydroxyl groups excluding tert-OH is 1. The van der Waals surface area contributed by atoms with Gasteiger partial charge < -0.3 is 24.8 Å². The number of carbonyl (C=O) groups excluding carboxylic acids is 3. The molecule has 8 atom stereocenters. The predicted octanol–water partition coefficient (Wildman–Crippen LogP) is 3.55. The van der Waals surface area contributed by atoms with Gasteiger partial charge >= 0.3 is 11.9 Å². The van der Waals surface area contributed by atoms with Crippen molar-refractivity contribution in [1.29, 1.82) is 0 Å². The number of carbonyl (C=O) groups is 3. The maximum atomic E-state index is 13.3. The Labute approximate surface area is 240 Å². The molecule has 0 amide bonds. The molecule has 5 rings (SSSR count). The molecule has 4 aliphatic carbocycles. The van der Waals surface area contributed by atoms with Crippen molar-refractivity contribution in [3.63, 3.8) is 0 Å². The van der Waals surface area contributed by atoms with Crippen LogP contribution in [0.2, 0.25) is 0 Å². The zero-order valence-electron chi connectivity index (χ0n) is 24.3. The molecule has 0 saturated heterocycles. The molecule has 4 aliphatic rings. The number of rotatable bonds is 7. The van der Waals surface area contributed by atoms with E-state index in [1.165, 1.54) is 6.08 Å². The van der Waals surface area contributed by atoms with Crippen molar-refractivity contribution in [2.75, 3.05) is 6.61 Å². The Morgan fingerprint density at radius 3 is 2.44 bits per heavy atom. The molecular formula is C33H40O8. The van der Waals surface area contributed by atoms with Gasteiger partial charge in [0.05, 0.1) is 12.2 Å². The van der Waals surface area contributed by atoms with Crippen molar-refractivity contribution in [3.05, 3.63) is 65.3 Å². The number of ether oxygens (including phenoxy) is 2. The van der Waals surface area contributed by atoms with E-state index in [-0.39, 0.29) is 12.8 Å². The van der Waals surface area contributed by atoms with Gasteiger partial charge in [-0.25, -0.2) is 4.79 Å². The monoisotopic (exact) mass is 564 g/mol. The first-order chi connectivity index (χ1) is 19.3. The highest BCUT2D eigenvalue weighted by atomic mass is 16.6. The molecule has 0 unspecified atom stereocenters. The van der Waals surface area contributed by atoms with E-state index in [4.69, 9.17) is 9.47 Å². The van der Waals surface area contributed by atoms with Crippen molar-refractivity contribution in [1.82, 2.24) is 0 Å². The second-order valence-corrected chi connectivity index (χ2v) is 12.8. The Morgan fingerprint density at radius 2 is 1.80 bits per heavy atom.